The molecule has 1 aromatic carbocycles. The normalized spacial score (nSPS) is 13.0. The van der Waals surface area contributed by atoms with Crippen LogP contribution in [-0.4, -0.2) is 49.7 Å². The van der Waals surface area contributed by atoms with Gasteiger partial charge in [0.15, 0.2) is 5.79 Å². The first kappa shape index (κ1) is 42.9. The largest absolute Gasteiger partial charge is 0.481 e. The van der Waals surface area contributed by atoms with Crippen LogP contribution in [0.25, 0.3) is 0 Å². The van der Waals surface area contributed by atoms with E-state index < -0.39 is 29.3 Å². The monoisotopic (exact) mass is 644 g/mol. The fraction of sp³-hybridized carbons (Fsp3) is 0.632. The Balaban J connectivity index is 0.000000671. The molecular weight excluding hydrogens is 584 g/mol. The molecule has 0 radical (unpaired) electrons. The molecule has 46 heavy (non-hydrogen) atoms. The molecule has 8 heteroatoms. The van der Waals surface area contributed by atoms with Crippen LogP contribution >= 0.6 is 0 Å². The number of carbonyl (C=O) groups excluding carboxylic acids is 2. The van der Waals surface area contributed by atoms with Gasteiger partial charge >= 0.3 is 11.9 Å². The number of carboxylic acids is 2. The third-order valence-corrected chi connectivity index (χ3v) is 7.65. The van der Waals surface area contributed by atoms with Crippen LogP contribution < -0.4 is 0 Å². The van der Waals surface area contributed by atoms with Gasteiger partial charge in [0.2, 0.25) is 11.6 Å². The number of hydrogen-bond donors (Lipinski definition) is 4. The number of Topliss-reactive ketones (excluding diaryl/α,β-unsaturated/α-hetero) is 2. The van der Waals surface area contributed by atoms with Gasteiger partial charge in [-0.3, -0.25) is 19.2 Å². The molecule has 0 bridgehead atoms. The second kappa shape index (κ2) is 28.1. The third kappa shape index (κ3) is 25.1. The van der Waals surface area contributed by atoms with Crippen molar-refractivity contribution in [3.8, 4) is 0 Å². The standard InChI is InChI=1S/C14H12O4.2C12H24O2/c15-12(10-4-2-1-3-5-10)13(16)11-6-8-14(17,18)9-7-11;2*1-2-3-4-5-6-7-8-9-10-11-12(13)14/h1-8,17-18H,9H2;2*2-11H2,1H3,(H,13,14). The minimum atomic E-state index is -1.93. The Labute approximate surface area is 277 Å². The number of unbranched alkanes of at least 4 members (excludes halogenated alkanes) is 16. The third-order valence-electron chi connectivity index (χ3n) is 7.65. The van der Waals surface area contributed by atoms with Gasteiger partial charge in [0.05, 0.1) is 0 Å². The number of hydrogen-bond acceptors (Lipinski definition) is 6. The number of carbonyl (C=O) groups is 4. The van der Waals surface area contributed by atoms with Crippen molar-refractivity contribution in [3.63, 3.8) is 0 Å². The van der Waals surface area contributed by atoms with Gasteiger partial charge in [-0.2, -0.15) is 0 Å². The quantitative estimate of drug-likeness (QED) is 0.0399. The molecule has 0 atom stereocenters. The van der Waals surface area contributed by atoms with Crippen molar-refractivity contribution >= 4 is 23.5 Å². The van der Waals surface area contributed by atoms with E-state index in [1.54, 1.807) is 30.3 Å². The van der Waals surface area contributed by atoms with Gasteiger partial charge in [-0.15, -0.1) is 0 Å². The van der Waals surface area contributed by atoms with Crippen molar-refractivity contribution in [1.82, 2.24) is 0 Å². The topological polar surface area (TPSA) is 149 Å². The molecule has 0 amide bonds. The maximum Gasteiger partial charge on any atom is 0.303 e. The van der Waals surface area contributed by atoms with Crippen molar-refractivity contribution in [1.29, 1.82) is 0 Å². The second-order valence-corrected chi connectivity index (χ2v) is 12.0. The van der Waals surface area contributed by atoms with Crippen LogP contribution in [0.15, 0.2) is 54.1 Å². The van der Waals surface area contributed by atoms with Gasteiger partial charge in [-0.1, -0.05) is 153 Å². The molecule has 0 heterocycles. The number of ketones is 2. The lowest BCUT2D eigenvalue weighted by Crippen LogP contribution is -2.27. The van der Waals surface area contributed by atoms with Crippen LogP contribution in [-0.2, 0) is 14.4 Å². The summed E-state index contributed by atoms with van der Waals surface area (Å²) in [6.07, 6.45) is 26.6. The van der Waals surface area contributed by atoms with Gasteiger partial charge in [-0.05, 0) is 25.0 Å². The predicted molar refractivity (Wildman–Crippen MR) is 184 cm³/mol. The summed E-state index contributed by atoms with van der Waals surface area (Å²) in [6.45, 7) is 4.46. The highest BCUT2D eigenvalue weighted by Crippen LogP contribution is 2.20. The molecule has 0 saturated carbocycles. The molecule has 1 aliphatic carbocycles. The van der Waals surface area contributed by atoms with E-state index in [1.165, 1.54) is 102 Å². The highest BCUT2D eigenvalue weighted by molar-refractivity contribution is 6.49. The molecule has 0 aliphatic heterocycles. The summed E-state index contributed by atoms with van der Waals surface area (Å²) >= 11 is 0. The summed E-state index contributed by atoms with van der Waals surface area (Å²) in [6, 6.07) is 8.24. The summed E-state index contributed by atoms with van der Waals surface area (Å²) in [5, 5.41) is 35.3. The maximum atomic E-state index is 11.9. The highest BCUT2D eigenvalue weighted by atomic mass is 16.5. The van der Waals surface area contributed by atoms with Gasteiger partial charge < -0.3 is 20.4 Å². The SMILES string of the molecule is CCCCCCCCCCCC(=O)O.CCCCCCCCCCCC(=O)O.O=C(C(=O)c1ccccc1)C1=CCC(O)(O)C=C1. The van der Waals surface area contributed by atoms with Crippen LogP contribution in [0.5, 0.6) is 0 Å². The van der Waals surface area contributed by atoms with E-state index >= 15 is 0 Å². The van der Waals surface area contributed by atoms with Crippen LogP contribution in [0.4, 0.5) is 0 Å². The van der Waals surface area contributed by atoms with E-state index in [2.05, 4.69) is 13.8 Å². The number of aliphatic carboxylic acids is 2. The number of carboxylic acid groups (broad SMARTS) is 2. The lowest BCUT2D eigenvalue weighted by molar-refractivity contribution is -0.138. The van der Waals surface area contributed by atoms with Crippen molar-refractivity contribution in [2.75, 3.05) is 0 Å². The lowest BCUT2D eigenvalue weighted by atomic mass is 9.95. The Morgan fingerprint density at radius 2 is 0.978 bits per heavy atom. The van der Waals surface area contributed by atoms with E-state index in [0.717, 1.165) is 31.8 Å². The molecule has 0 fully saturated rings. The Hall–Kier alpha value is -3.10. The summed E-state index contributed by atoms with van der Waals surface area (Å²) in [7, 11) is 0. The minimum Gasteiger partial charge on any atom is -0.481 e. The molecule has 8 nitrogen and oxygen atoms in total. The van der Waals surface area contributed by atoms with Crippen molar-refractivity contribution in [2.45, 2.75) is 154 Å². The van der Waals surface area contributed by atoms with Crippen LogP contribution in [0, 0.1) is 0 Å². The molecule has 2 rings (SSSR count). The van der Waals surface area contributed by atoms with Crippen LogP contribution in [0.2, 0.25) is 0 Å². The summed E-state index contributed by atoms with van der Waals surface area (Å²) in [4.78, 5) is 44.1. The lowest BCUT2D eigenvalue weighted by Gasteiger charge is -2.19. The van der Waals surface area contributed by atoms with Crippen molar-refractivity contribution < 1.29 is 39.6 Å². The highest BCUT2D eigenvalue weighted by Gasteiger charge is 2.26. The molecule has 0 unspecified atom stereocenters. The fourth-order valence-electron chi connectivity index (χ4n) is 4.81. The molecule has 0 saturated heterocycles. The van der Waals surface area contributed by atoms with E-state index in [0.29, 0.717) is 18.4 Å². The average Bonchev–Trinajstić information content (AvgIpc) is 3.03. The summed E-state index contributed by atoms with van der Waals surface area (Å²) < 4.78 is 0. The van der Waals surface area contributed by atoms with E-state index in [9.17, 15) is 29.4 Å². The zero-order valence-electron chi connectivity index (χ0n) is 28.4. The Morgan fingerprint density at radius 1 is 0.587 bits per heavy atom. The molecule has 1 aliphatic rings. The molecule has 0 aromatic heterocycles. The van der Waals surface area contributed by atoms with Crippen molar-refractivity contribution in [2.24, 2.45) is 0 Å². The molecule has 4 N–H and O–H groups in total. The predicted octanol–water partition coefficient (Wildman–Crippen LogP) is 8.99. The number of aliphatic hydroxyl groups is 2. The minimum absolute atomic E-state index is 0.105. The average molecular weight is 645 g/mol. The zero-order valence-corrected chi connectivity index (χ0v) is 28.4. The van der Waals surface area contributed by atoms with Gasteiger partial charge in [0, 0.05) is 30.4 Å². The molecular formula is C38H60O8. The molecule has 260 valence electrons. The molecule has 1 aromatic rings. The molecule has 0 spiro atoms. The van der Waals surface area contributed by atoms with Crippen molar-refractivity contribution in [3.05, 3.63) is 59.7 Å². The van der Waals surface area contributed by atoms with Gasteiger partial charge in [0.25, 0.3) is 0 Å². The summed E-state index contributed by atoms with van der Waals surface area (Å²) in [5.74, 6) is -4.50. The maximum absolute atomic E-state index is 11.9. The van der Waals surface area contributed by atoms with Gasteiger partial charge in [-0.25, -0.2) is 0 Å². The summed E-state index contributed by atoms with van der Waals surface area (Å²) in [5.41, 5.74) is 0.504. The first-order chi connectivity index (χ1) is 22.0. The number of allylic oxidation sites excluding steroid dienone is 2. The fourth-order valence-corrected chi connectivity index (χ4v) is 4.81. The van der Waals surface area contributed by atoms with E-state index in [4.69, 9.17) is 10.2 Å². The number of rotatable bonds is 23. The van der Waals surface area contributed by atoms with Crippen LogP contribution in [0.1, 0.15) is 159 Å². The zero-order chi connectivity index (χ0) is 34.5. The smallest absolute Gasteiger partial charge is 0.303 e. The van der Waals surface area contributed by atoms with E-state index in [1.807, 2.05) is 0 Å². The Morgan fingerprint density at radius 3 is 1.33 bits per heavy atom. The first-order valence-corrected chi connectivity index (χ1v) is 17.5. The Bertz CT molecular complexity index is 994. The Kier molecular flexibility index (Phi) is 26.3. The van der Waals surface area contributed by atoms with Crippen LogP contribution in [0.3, 0.4) is 0 Å². The van der Waals surface area contributed by atoms with Gasteiger partial charge in [0.1, 0.15) is 0 Å². The first-order valence-electron chi connectivity index (χ1n) is 17.5. The number of benzene rings is 1. The van der Waals surface area contributed by atoms with E-state index in [-0.39, 0.29) is 12.0 Å². The second-order valence-electron chi connectivity index (χ2n) is 12.0.